The van der Waals surface area contributed by atoms with Crippen molar-refractivity contribution in [2.24, 2.45) is 11.8 Å². The second kappa shape index (κ2) is 4.19. The van der Waals surface area contributed by atoms with Crippen molar-refractivity contribution >= 4 is 0 Å². The number of halogens is 1. The Labute approximate surface area is 73.0 Å². The van der Waals surface area contributed by atoms with E-state index in [2.05, 4.69) is 0 Å². The monoisotopic (exact) mass is 176 g/mol. The molecule has 12 heavy (non-hydrogen) atoms. The number of ether oxygens (including phenoxy) is 2. The average Bonchev–Trinajstić information content (AvgIpc) is 2.29. The van der Waals surface area contributed by atoms with Gasteiger partial charge in [0.15, 0.2) is 0 Å². The quantitative estimate of drug-likeness (QED) is 0.651. The Kier molecular flexibility index (Phi) is 3.47. The van der Waals surface area contributed by atoms with E-state index in [1.165, 1.54) is 0 Å². The minimum Gasteiger partial charge on any atom is -0.384 e. The third-order valence-electron chi connectivity index (χ3n) is 2.65. The molecule has 0 spiro atoms. The Morgan fingerprint density at radius 1 is 1.42 bits per heavy atom. The van der Waals surface area contributed by atoms with Gasteiger partial charge in [0.2, 0.25) is 0 Å². The molecule has 0 aromatic rings. The molecule has 1 rings (SSSR count). The molecule has 0 bridgehead atoms. The van der Waals surface area contributed by atoms with Crippen LogP contribution < -0.4 is 0 Å². The van der Waals surface area contributed by atoms with E-state index >= 15 is 0 Å². The summed E-state index contributed by atoms with van der Waals surface area (Å²) in [7, 11) is 3.21. The van der Waals surface area contributed by atoms with Gasteiger partial charge in [-0.3, -0.25) is 0 Å². The third-order valence-corrected chi connectivity index (χ3v) is 2.65. The number of alkyl halides is 1. The zero-order valence-electron chi connectivity index (χ0n) is 7.92. The fraction of sp³-hybridized carbons (Fsp3) is 1.00. The van der Waals surface area contributed by atoms with Crippen LogP contribution in [0.5, 0.6) is 0 Å². The van der Waals surface area contributed by atoms with Gasteiger partial charge >= 0.3 is 0 Å². The molecule has 1 aliphatic carbocycles. The highest BCUT2D eigenvalue weighted by molar-refractivity contribution is 4.90. The van der Waals surface area contributed by atoms with Gasteiger partial charge in [-0.2, -0.15) is 0 Å². The molecule has 4 atom stereocenters. The van der Waals surface area contributed by atoms with E-state index in [9.17, 15) is 4.39 Å². The fourth-order valence-electron chi connectivity index (χ4n) is 2.02. The van der Waals surface area contributed by atoms with Crippen LogP contribution in [0.2, 0.25) is 0 Å². The van der Waals surface area contributed by atoms with E-state index in [1.54, 1.807) is 14.2 Å². The van der Waals surface area contributed by atoms with Crippen LogP contribution in [0, 0.1) is 11.8 Å². The molecule has 0 amide bonds. The molecule has 1 aliphatic rings. The maximum atomic E-state index is 13.4. The summed E-state index contributed by atoms with van der Waals surface area (Å²) >= 11 is 0. The van der Waals surface area contributed by atoms with Gasteiger partial charge in [0.05, 0.1) is 12.7 Å². The predicted octanol–water partition coefficient (Wildman–Crippen LogP) is 1.64. The van der Waals surface area contributed by atoms with Crippen LogP contribution in [0.15, 0.2) is 0 Å². The molecular formula is C9H17FO2. The smallest absolute Gasteiger partial charge is 0.129 e. The summed E-state index contributed by atoms with van der Waals surface area (Å²) in [5.41, 5.74) is 0. The first kappa shape index (κ1) is 9.93. The van der Waals surface area contributed by atoms with Gasteiger partial charge in [-0.1, -0.05) is 6.92 Å². The van der Waals surface area contributed by atoms with Crippen molar-refractivity contribution < 1.29 is 13.9 Å². The van der Waals surface area contributed by atoms with Crippen molar-refractivity contribution in [2.75, 3.05) is 20.8 Å². The number of rotatable bonds is 3. The van der Waals surface area contributed by atoms with Crippen LogP contribution in [0.1, 0.15) is 13.3 Å². The van der Waals surface area contributed by atoms with E-state index in [-0.39, 0.29) is 17.9 Å². The Hall–Kier alpha value is -0.150. The Bertz CT molecular complexity index is 140. The first-order valence-electron chi connectivity index (χ1n) is 4.36. The van der Waals surface area contributed by atoms with Crippen LogP contribution in [-0.2, 0) is 9.47 Å². The molecule has 0 aromatic heterocycles. The van der Waals surface area contributed by atoms with E-state index in [4.69, 9.17) is 9.47 Å². The third kappa shape index (κ3) is 1.77. The molecule has 0 saturated heterocycles. The largest absolute Gasteiger partial charge is 0.384 e. The SMILES string of the molecule is COC[C@H]1C[C@@H](C)[C@@H](F)C1OC. The summed E-state index contributed by atoms with van der Waals surface area (Å²) in [6.07, 6.45) is -0.219. The highest BCUT2D eigenvalue weighted by atomic mass is 19.1. The molecule has 0 heterocycles. The van der Waals surface area contributed by atoms with E-state index in [0.29, 0.717) is 6.61 Å². The zero-order valence-corrected chi connectivity index (χ0v) is 7.92. The minimum atomic E-state index is -0.824. The van der Waals surface area contributed by atoms with Gasteiger partial charge in [-0.25, -0.2) is 4.39 Å². The molecule has 1 unspecified atom stereocenters. The van der Waals surface area contributed by atoms with Gasteiger partial charge in [0.25, 0.3) is 0 Å². The van der Waals surface area contributed by atoms with Gasteiger partial charge in [0, 0.05) is 20.1 Å². The van der Waals surface area contributed by atoms with Crippen LogP contribution >= 0.6 is 0 Å². The van der Waals surface area contributed by atoms with Crippen LogP contribution in [0.3, 0.4) is 0 Å². The van der Waals surface area contributed by atoms with Crippen molar-refractivity contribution in [2.45, 2.75) is 25.6 Å². The molecule has 3 heteroatoms. The number of hydrogen-bond donors (Lipinski definition) is 0. The first-order valence-corrected chi connectivity index (χ1v) is 4.36. The van der Waals surface area contributed by atoms with Crippen molar-refractivity contribution in [1.82, 2.24) is 0 Å². The summed E-state index contributed by atoms with van der Waals surface area (Å²) in [5, 5.41) is 0. The summed E-state index contributed by atoms with van der Waals surface area (Å²) in [6, 6.07) is 0. The van der Waals surface area contributed by atoms with E-state index in [0.717, 1.165) is 6.42 Å². The molecule has 1 fully saturated rings. The average molecular weight is 176 g/mol. The Morgan fingerprint density at radius 2 is 2.08 bits per heavy atom. The highest BCUT2D eigenvalue weighted by Gasteiger charge is 2.41. The predicted molar refractivity (Wildman–Crippen MR) is 44.8 cm³/mol. The zero-order chi connectivity index (χ0) is 9.14. The molecule has 0 N–H and O–H groups in total. The topological polar surface area (TPSA) is 18.5 Å². The van der Waals surface area contributed by atoms with Crippen molar-refractivity contribution in [3.8, 4) is 0 Å². The van der Waals surface area contributed by atoms with E-state index in [1.807, 2.05) is 6.92 Å². The molecule has 0 aromatic carbocycles. The number of hydrogen-bond acceptors (Lipinski definition) is 2. The van der Waals surface area contributed by atoms with Crippen molar-refractivity contribution in [3.05, 3.63) is 0 Å². The van der Waals surface area contributed by atoms with Gasteiger partial charge in [0.1, 0.15) is 6.17 Å². The standard InChI is InChI=1S/C9H17FO2/c1-6-4-7(5-11-2)9(12-3)8(6)10/h6-9H,4-5H2,1-3H3/t6-,7-,8-,9?/m1/s1. The number of methoxy groups -OCH3 is 2. The van der Waals surface area contributed by atoms with E-state index < -0.39 is 6.17 Å². The normalized spacial score (nSPS) is 42.0. The first-order chi connectivity index (χ1) is 5.70. The summed E-state index contributed by atoms with van der Waals surface area (Å²) in [6.45, 7) is 2.52. The van der Waals surface area contributed by atoms with Gasteiger partial charge in [-0.15, -0.1) is 0 Å². The molecule has 2 nitrogen and oxygen atoms in total. The van der Waals surface area contributed by atoms with Crippen molar-refractivity contribution in [3.63, 3.8) is 0 Å². The summed E-state index contributed by atoms with van der Waals surface area (Å²) < 4.78 is 23.5. The van der Waals surface area contributed by atoms with Crippen molar-refractivity contribution in [1.29, 1.82) is 0 Å². The molecule has 0 radical (unpaired) electrons. The molecular weight excluding hydrogens is 159 g/mol. The summed E-state index contributed by atoms with van der Waals surface area (Å²) in [5.74, 6) is 0.333. The van der Waals surface area contributed by atoms with Gasteiger partial charge < -0.3 is 9.47 Å². The van der Waals surface area contributed by atoms with Gasteiger partial charge in [-0.05, 0) is 12.3 Å². The van der Waals surface area contributed by atoms with Crippen LogP contribution in [-0.4, -0.2) is 33.1 Å². The lowest BCUT2D eigenvalue weighted by Gasteiger charge is -2.18. The fourth-order valence-corrected chi connectivity index (χ4v) is 2.02. The second-order valence-electron chi connectivity index (χ2n) is 3.57. The molecule has 0 aliphatic heterocycles. The Morgan fingerprint density at radius 3 is 2.58 bits per heavy atom. The van der Waals surface area contributed by atoms with Crippen LogP contribution in [0.25, 0.3) is 0 Å². The lowest BCUT2D eigenvalue weighted by atomic mass is 10.1. The minimum absolute atomic E-state index is 0.107. The molecule has 72 valence electrons. The molecule has 1 saturated carbocycles. The maximum Gasteiger partial charge on any atom is 0.129 e. The maximum absolute atomic E-state index is 13.4. The van der Waals surface area contributed by atoms with Crippen LogP contribution in [0.4, 0.5) is 4.39 Å². The Balaban J connectivity index is 2.52. The summed E-state index contributed by atoms with van der Waals surface area (Å²) in [4.78, 5) is 0. The lowest BCUT2D eigenvalue weighted by Crippen LogP contribution is -2.28. The second-order valence-corrected chi connectivity index (χ2v) is 3.57. The lowest BCUT2D eigenvalue weighted by molar-refractivity contribution is -0.00456. The highest BCUT2D eigenvalue weighted by Crippen LogP contribution is 2.35.